The van der Waals surface area contributed by atoms with E-state index < -0.39 is 0 Å². The van der Waals surface area contributed by atoms with Crippen LogP contribution in [0.3, 0.4) is 0 Å². The van der Waals surface area contributed by atoms with Crippen molar-refractivity contribution in [1.29, 1.82) is 0 Å². The summed E-state index contributed by atoms with van der Waals surface area (Å²) in [7, 11) is 6.62. The summed E-state index contributed by atoms with van der Waals surface area (Å²) in [5, 5.41) is 0. The molecule has 0 bridgehead atoms. The molecule has 1 aromatic carbocycles. The molecule has 0 fully saturated rings. The molecule has 14 heavy (non-hydrogen) atoms. The topological polar surface area (TPSA) is 26.0 Å². The van der Waals surface area contributed by atoms with E-state index in [-0.39, 0.29) is 24.0 Å². The number of halogens is 1. The van der Waals surface area contributed by atoms with E-state index in [9.17, 15) is 0 Å². The Balaban J connectivity index is 0.00000169. The summed E-state index contributed by atoms with van der Waals surface area (Å²) in [4.78, 5) is 0. The van der Waals surface area contributed by atoms with E-state index in [0.717, 1.165) is 23.1 Å². The average Bonchev–Trinajstić information content (AvgIpc) is 2.02. The Morgan fingerprint density at radius 1 is 1.07 bits per heavy atom. The zero-order valence-corrected chi connectivity index (χ0v) is 11.3. The van der Waals surface area contributed by atoms with Crippen LogP contribution in [-0.4, -0.2) is 32.2 Å². The van der Waals surface area contributed by atoms with Crippen LogP contribution in [0.1, 0.15) is 5.56 Å². The molecular formula is C11H19IN2. The minimum absolute atomic E-state index is 0. The highest BCUT2D eigenvalue weighted by Gasteiger charge is 2.06. The lowest BCUT2D eigenvalue weighted by Gasteiger charge is -2.23. The molecule has 0 heterocycles. The predicted molar refractivity (Wildman–Crippen MR) is 57.5 cm³/mol. The number of benzene rings is 1. The third-order valence-corrected chi connectivity index (χ3v) is 2.05. The van der Waals surface area contributed by atoms with Crippen LogP contribution < -0.4 is 29.7 Å². The van der Waals surface area contributed by atoms with E-state index in [1.54, 1.807) is 0 Å². The van der Waals surface area contributed by atoms with Crippen molar-refractivity contribution in [3.8, 4) is 0 Å². The summed E-state index contributed by atoms with van der Waals surface area (Å²) in [6.45, 7) is 1.16. The zero-order valence-electron chi connectivity index (χ0n) is 9.13. The molecule has 3 heteroatoms. The minimum atomic E-state index is 0. The van der Waals surface area contributed by atoms with Gasteiger partial charge in [0.15, 0.2) is 0 Å². The Morgan fingerprint density at radius 2 is 1.57 bits per heavy atom. The van der Waals surface area contributed by atoms with E-state index in [1.807, 2.05) is 12.1 Å². The Hall–Kier alpha value is -0.290. The molecule has 1 rings (SSSR count). The molecule has 80 valence electrons. The van der Waals surface area contributed by atoms with Crippen molar-refractivity contribution in [2.75, 3.05) is 33.4 Å². The van der Waals surface area contributed by atoms with Crippen molar-refractivity contribution in [3.63, 3.8) is 0 Å². The maximum Gasteiger partial charge on any atom is 0.0821 e. The fraction of sp³-hybridized carbons (Fsp3) is 0.455. The highest BCUT2D eigenvalue weighted by molar-refractivity contribution is 5.39. The zero-order chi connectivity index (χ0) is 9.90. The van der Waals surface area contributed by atoms with Gasteiger partial charge in [-0.3, -0.25) is 0 Å². The van der Waals surface area contributed by atoms with E-state index in [0.29, 0.717) is 0 Å². The van der Waals surface area contributed by atoms with Crippen molar-refractivity contribution < 1.29 is 28.5 Å². The first kappa shape index (κ1) is 13.7. The summed E-state index contributed by atoms with van der Waals surface area (Å²) in [5.74, 6) is 0. The quantitative estimate of drug-likeness (QED) is 0.412. The highest BCUT2D eigenvalue weighted by atomic mass is 127. The van der Waals surface area contributed by atoms with E-state index in [2.05, 4.69) is 33.3 Å². The maximum atomic E-state index is 5.60. The minimum Gasteiger partial charge on any atom is -1.00 e. The lowest BCUT2D eigenvalue weighted by molar-refractivity contribution is -0.870. The average molecular weight is 306 g/mol. The third-order valence-electron chi connectivity index (χ3n) is 2.05. The first-order valence-electron chi connectivity index (χ1n) is 4.62. The Morgan fingerprint density at radius 3 is 2.00 bits per heavy atom. The SMILES string of the molecule is C[N+](C)(C)CCc1ccc(N)cc1.[I-]. The molecule has 0 aliphatic carbocycles. The number of rotatable bonds is 3. The summed E-state index contributed by atoms with van der Waals surface area (Å²) >= 11 is 0. The van der Waals surface area contributed by atoms with Gasteiger partial charge in [-0.05, 0) is 17.7 Å². The molecule has 0 aliphatic rings. The number of quaternary nitrogens is 1. The van der Waals surface area contributed by atoms with E-state index in [4.69, 9.17) is 5.73 Å². The fourth-order valence-electron chi connectivity index (χ4n) is 1.15. The molecular weight excluding hydrogens is 287 g/mol. The van der Waals surface area contributed by atoms with E-state index >= 15 is 0 Å². The first-order valence-corrected chi connectivity index (χ1v) is 4.62. The number of nitrogens with zero attached hydrogens (tertiary/aromatic N) is 1. The molecule has 1 aromatic rings. The highest BCUT2D eigenvalue weighted by Crippen LogP contribution is 2.07. The van der Waals surface area contributed by atoms with Crippen molar-refractivity contribution >= 4 is 5.69 Å². The Kier molecular flexibility index (Phi) is 5.44. The standard InChI is InChI=1S/C11H19N2.HI/c1-13(2,3)9-8-10-4-6-11(12)7-5-10;/h4-7H,8-9,12H2,1-3H3;1H/q+1;/p-1. The van der Waals surface area contributed by atoms with Crippen LogP contribution in [0.4, 0.5) is 5.69 Å². The van der Waals surface area contributed by atoms with Crippen LogP contribution >= 0.6 is 0 Å². The van der Waals surface area contributed by atoms with Gasteiger partial charge in [0.2, 0.25) is 0 Å². The summed E-state index contributed by atoms with van der Waals surface area (Å²) in [5.41, 5.74) is 7.81. The third kappa shape index (κ3) is 5.44. The van der Waals surface area contributed by atoms with Gasteiger partial charge in [-0.25, -0.2) is 0 Å². The molecule has 0 amide bonds. The van der Waals surface area contributed by atoms with Gasteiger partial charge in [0.25, 0.3) is 0 Å². The molecule has 0 aromatic heterocycles. The molecule has 0 aliphatic heterocycles. The smallest absolute Gasteiger partial charge is 0.0821 e. The first-order chi connectivity index (χ1) is 5.97. The van der Waals surface area contributed by atoms with Crippen molar-refractivity contribution in [1.82, 2.24) is 0 Å². The van der Waals surface area contributed by atoms with Crippen molar-refractivity contribution in [3.05, 3.63) is 29.8 Å². The van der Waals surface area contributed by atoms with Gasteiger partial charge in [-0.1, -0.05) is 12.1 Å². The Bertz CT molecular complexity index is 262. The van der Waals surface area contributed by atoms with Crippen LogP contribution in [0.25, 0.3) is 0 Å². The number of anilines is 1. The van der Waals surface area contributed by atoms with Crippen LogP contribution in [0.2, 0.25) is 0 Å². The molecule has 2 nitrogen and oxygen atoms in total. The predicted octanol–water partition coefficient (Wildman–Crippen LogP) is -1.48. The molecule has 0 unspecified atom stereocenters. The number of nitrogen functional groups attached to an aromatic ring is 1. The van der Waals surface area contributed by atoms with Crippen molar-refractivity contribution in [2.24, 2.45) is 0 Å². The van der Waals surface area contributed by atoms with Crippen LogP contribution in [0, 0.1) is 0 Å². The van der Waals surface area contributed by atoms with Crippen LogP contribution in [0.15, 0.2) is 24.3 Å². The van der Waals surface area contributed by atoms with Crippen LogP contribution in [-0.2, 0) is 6.42 Å². The van der Waals surface area contributed by atoms with Gasteiger partial charge in [0.1, 0.15) is 0 Å². The normalized spacial score (nSPS) is 10.8. The van der Waals surface area contributed by atoms with Gasteiger partial charge in [-0.15, -0.1) is 0 Å². The summed E-state index contributed by atoms with van der Waals surface area (Å²) < 4.78 is 1.00. The van der Waals surface area contributed by atoms with Gasteiger partial charge in [0, 0.05) is 12.1 Å². The number of likely N-dealkylation sites (N-methyl/N-ethyl adjacent to an activating group) is 1. The largest absolute Gasteiger partial charge is 1.00 e. The fourth-order valence-corrected chi connectivity index (χ4v) is 1.15. The summed E-state index contributed by atoms with van der Waals surface area (Å²) in [6, 6.07) is 8.13. The molecule has 0 saturated heterocycles. The number of hydrogen-bond donors (Lipinski definition) is 1. The molecule has 0 saturated carbocycles. The molecule has 0 spiro atoms. The van der Waals surface area contributed by atoms with Gasteiger partial charge < -0.3 is 34.2 Å². The van der Waals surface area contributed by atoms with Crippen molar-refractivity contribution in [2.45, 2.75) is 6.42 Å². The second-order valence-corrected chi connectivity index (χ2v) is 4.51. The second kappa shape index (κ2) is 5.56. The van der Waals surface area contributed by atoms with Gasteiger partial charge >= 0.3 is 0 Å². The van der Waals surface area contributed by atoms with E-state index in [1.165, 1.54) is 5.56 Å². The number of nitrogens with two attached hydrogens (primary N) is 1. The molecule has 0 radical (unpaired) electrons. The lowest BCUT2D eigenvalue weighted by atomic mass is 10.1. The maximum absolute atomic E-state index is 5.60. The molecule has 0 atom stereocenters. The monoisotopic (exact) mass is 306 g/mol. The Labute approximate surface area is 104 Å². The van der Waals surface area contributed by atoms with Gasteiger partial charge in [0.05, 0.1) is 27.7 Å². The van der Waals surface area contributed by atoms with Gasteiger partial charge in [-0.2, -0.15) is 0 Å². The lowest BCUT2D eigenvalue weighted by Crippen LogP contribution is -3.00. The summed E-state index contributed by atoms with van der Waals surface area (Å²) in [6.07, 6.45) is 1.11. The molecule has 2 N–H and O–H groups in total. The number of hydrogen-bond acceptors (Lipinski definition) is 1. The second-order valence-electron chi connectivity index (χ2n) is 4.51. The van der Waals surface area contributed by atoms with Crippen LogP contribution in [0.5, 0.6) is 0 Å².